The summed E-state index contributed by atoms with van der Waals surface area (Å²) in [6.07, 6.45) is 0. The van der Waals surface area contributed by atoms with Crippen LogP contribution >= 0.6 is 11.6 Å². The van der Waals surface area contributed by atoms with Gasteiger partial charge in [-0.05, 0) is 39.2 Å². The molecule has 17 heavy (non-hydrogen) atoms. The molecule has 3 N–H and O–H groups in total. The second-order valence-electron chi connectivity index (χ2n) is 4.26. The van der Waals surface area contributed by atoms with Crippen molar-refractivity contribution in [2.75, 3.05) is 26.4 Å². The number of anilines is 1. The Balaban J connectivity index is 2.61. The molecule has 0 saturated carbocycles. The maximum Gasteiger partial charge on any atom is 0.251 e. The Morgan fingerprint density at radius 2 is 2.18 bits per heavy atom. The molecule has 0 aliphatic rings. The number of nitrogens with one attached hydrogen (secondary N) is 1. The van der Waals surface area contributed by atoms with Gasteiger partial charge in [-0.25, -0.2) is 0 Å². The quantitative estimate of drug-likeness (QED) is 0.804. The average Bonchev–Trinajstić information content (AvgIpc) is 2.28. The first-order valence-corrected chi connectivity index (χ1v) is 5.79. The van der Waals surface area contributed by atoms with Gasteiger partial charge in [0.1, 0.15) is 0 Å². The van der Waals surface area contributed by atoms with Crippen molar-refractivity contribution in [1.29, 1.82) is 0 Å². The van der Waals surface area contributed by atoms with Crippen molar-refractivity contribution in [2.45, 2.75) is 13.0 Å². The smallest absolute Gasteiger partial charge is 0.251 e. The normalized spacial score (nSPS) is 12.5. The van der Waals surface area contributed by atoms with Crippen molar-refractivity contribution in [3.8, 4) is 0 Å². The Labute approximate surface area is 107 Å². The molecule has 0 spiro atoms. The first kappa shape index (κ1) is 13.8. The minimum Gasteiger partial charge on any atom is -0.398 e. The van der Waals surface area contributed by atoms with Gasteiger partial charge in [-0.3, -0.25) is 4.79 Å². The largest absolute Gasteiger partial charge is 0.398 e. The fraction of sp³-hybridized carbons (Fsp3) is 0.417. The highest BCUT2D eigenvalue weighted by atomic mass is 35.5. The van der Waals surface area contributed by atoms with Gasteiger partial charge in [0.25, 0.3) is 5.91 Å². The van der Waals surface area contributed by atoms with Crippen LogP contribution in [-0.4, -0.2) is 37.5 Å². The molecule has 0 bridgehead atoms. The molecule has 0 heterocycles. The minimum absolute atomic E-state index is 0.137. The summed E-state index contributed by atoms with van der Waals surface area (Å²) in [6.45, 7) is 2.63. The monoisotopic (exact) mass is 255 g/mol. The van der Waals surface area contributed by atoms with Crippen molar-refractivity contribution in [3.05, 3.63) is 28.8 Å². The molecule has 0 fully saturated rings. The number of benzene rings is 1. The summed E-state index contributed by atoms with van der Waals surface area (Å²) in [7, 11) is 3.94. The first-order chi connectivity index (χ1) is 7.91. The van der Waals surface area contributed by atoms with E-state index in [0.717, 1.165) is 0 Å². The fourth-order valence-corrected chi connectivity index (χ4v) is 1.33. The van der Waals surface area contributed by atoms with E-state index in [1.807, 2.05) is 25.9 Å². The highest BCUT2D eigenvalue weighted by Gasteiger charge is 2.10. The lowest BCUT2D eigenvalue weighted by molar-refractivity contribution is 0.0943. The molecule has 5 heteroatoms. The SMILES string of the molecule is CC(CNC(=O)c1ccc(Cl)c(N)c1)N(C)C. The summed E-state index contributed by atoms with van der Waals surface area (Å²) in [5, 5.41) is 3.31. The van der Waals surface area contributed by atoms with Crippen molar-refractivity contribution in [3.63, 3.8) is 0 Å². The maximum atomic E-state index is 11.8. The van der Waals surface area contributed by atoms with Crippen LogP contribution in [0.4, 0.5) is 5.69 Å². The van der Waals surface area contributed by atoms with Gasteiger partial charge in [-0.15, -0.1) is 0 Å². The Morgan fingerprint density at radius 1 is 1.53 bits per heavy atom. The van der Waals surface area contributed by atoms with Crippen molar-refractivity contribution in [2.24, 2.45) is 0 Å². The number of hydrogen-bond acceptors (Lipinski definition) is 3. The molecule has 0 radical (unpaired) electrons. The molecular weight excluding hydrogens is 238 g/mol. The van der Waals surface area contributed by atoms with Crippen molar-refractivity contribution >= 4 is 23.2 Å². The lowest BCUT2D eigenvalue weighted by Gasteiger charge is -2.20. The first-order valence-electron chi connectivity index (χ1n) is 5.41. The van der Waals surface area contributed by atoms with E-state index in [9.17, 15) is 4.79 Å². The third-order valence-electron chi connectivity index (χ3n) is 2.70. The average molecular weight is 256 g/mol. The van der Waals surface area contributed by atoms with E-state index in [0.29, 0.717) is 22.8 Å². The molecule has 0 saturated heterocycles. The molecule has 0 aromatic heterocycles. The summed E-state index contributed by atoms with van der Waals surface area (Å²) < 4.78 is 0. The Kier molecular flexibility index (Phi) is 4.78. The van der Waals surface area contributed by atoms with E-state index >= 15 is 0 Å². The summed E-state index contributed by atoms with van der Waals surface area (Å²) in [4.78, 5) is 13.8. The zero-order valence-corrected chi connectivity index (χ0v) is 11.1. The molecule has 1 rings (SSSR count). The van der Waals surface area contributed by atoms with Gasteiger partial charge >= 0.3 is 0 Å². The molecule has 94 valence electrons. The second-order valence-corrected chi connectivity index (χ2v) is 4.67. The number of hydrogen-bond donors (Lipinski definition) is 2. The van der Waals surface area contributed by atoms with Crippen molar-refractivity contribution in [1.82, 2.24) is 10.2 Å². The summed E-state index contributed by atoms with van der Waals surface area (Å²) >= 11 is 5.79. The number of nitrogens with two attached hydrogens (primary N) is 1. The fourth-order valence-electron chi connectivity index (χ4n) is 1.21. The maximum absolute atomic E-state index is 11.8. The molecule has 1 aromatic rings. The Bertz CT molecular complexity index is 407. The Hall–Kier alpha value is -1.26. The van der Waals surface area contributed by atoms with Crippen LogP contribution in [0.3, 0.4) is 0 Å². The zero-order valence-electron chi connectivity index (χ0n) is 10.3. The predicted molar refractivity (Wildman–Crippen MR) is 71.3 cm³/mol. The van der Waals surface area contributed by atoms with Crippen LogP contribution in [0.2, 0.25) is 5.02 Å². The number of carbonyl (C=O) groups is 1. The standard InChI is InChI=1S/C12H18ClN3O/c1-8(16(2)3)7-15-12(17)9-4-5-10(13)11(14)6-9/h4-6,8H,7,14H2,1-3H3,(H,15,17). The van der Waals surface area contributed by atoms with Crippen LogP contribution < -0.4 is 11.1 Å². The van der Waals surface area contributed by atoms with Crippen LogP contribution in [0, 0.1) is 0 Å². The van der Waals surface area contributed by atoms with E-state index in [4.69, 9.17) is 17.3 Å². The number of halogens is 1. The minimum atomic E-state index is -0.137. The lowest BCUT2D eigenvalue weighted by Crippen LogP contribution is -2.38. The number of amides is 1. The van der Waals surface area contributed by atoms with E-state index in [1.54, 1.807) is 18.2 Å². The van der Waals surface area contributed by atoms with Crippen molar-refractivity contribution < 1.29 is 4.79 Å². The summed E-state index contributed by atoms with van der Waals surface area (Å²) in [5.41, 5.74) is 6.58. The second kappa shape index (κ2) is 5.89. The van der Waals surface area contributed by atoms with Crippen LogP contribution in [0.1, 0.15) is 17.3 Å². The molecule has 0 aliphatic carbocycles. The Morgan fingerprint density at radius 3 is 2.71 bits per heavy atom. The topological polar surface area (TPSA) is 58.4 Å². The highest BCUT2D eigenvalue weighted by molar-refractivity contribution is 6.33. The highest BCUT2D eigenvalue weighted by Crippen LogP contribution is 2.19. The number of carbonyl (C=O) groups excluding carboxylic acids is 1. The van der Waals surface area contributed by atoms with Gasteiger partial charge in [-0.2, -0.15) is 0 Å². The van der Waals surface area contributed by atoms with Crippen LogP contribution in [0.15, 0.2) is 18.2 Å². The molecule has 1 amide bonds. The molecular formula is C12H18ClN3O. The molecule has 1 atom stereocenters. The van der Waals surface area contributed by atoms with Crippen LogP contribution in [0.5, 0.6) is 0 Å². The molecule has 1 aromatic carbocycles. The summed E-state index contributed by atoms with van der Waals surface area (Å²) in [6, 6.07) is 5.15. The predicted octanol–water partition coefficient (Wildman–Crippen LogP) is 1.60. The van der Waals surface area contributed by atoms with Gasteiger partial charge < -0.3 is 16.0 Å². The molecule has 4 nitrogen and oxygen atoms in total. The number of rotatable bonds is 4. The lowest BCUT2D eigenvalue weighted by atomic mass is 10.2. The summed E-state index contributed by atoms with van der Waals surface area (Å²) in [5.74, 6) is -0.137. The number of nitrogen functional groups attached to an aromatic ring is 1. The van der Waals surface area contributed by atoms with Gasteiger partial charge in [0, 0.05) is 18.2 Å². The van der Waals surface area contributed by atoms with Gasteiger partial charge in [0.15, 0.2) is 0 Å². The third kappa shape index (κ3) is 3.91. The van der Waals surface area contributed by atoms with E-state index in [2.05, 4.69) is 5.32 Å². The third-order valence-corrected chi connectivity index (χ3v) is 3.04. The van der Waals surface area contributed by atoms with E-state index in [1.165, 1.54) is 0 Å². The van der Waals surface area contributed by atoms with E-state index in [-0.39, 0.29) is 11.9 Å². The van der Waals surface area contributed by atoms with Crippen LogP contribution in [-0.2, 0) is 0 Å². The molecule has 1 unspecified atom stereocenters. The zero-order chi connectivity index (χ0) is 13.0. The number of likely N-dealkylation sites (N-methyl/N-ethyl adjacent to an activating group) is 1. The van der Waals surface area contributed by atoms with Gasteiger partial charge in [0.2, 0.25) is 0 Å². The van der Waals surface area contributed by atoms with Crippen LogP contribution in [0.25, 0.3) is 0 Å². The molecule has 0 aliphatic heterocycles. The van der Waals surface area contributed by atoms with E-state index < -0.39 is 0 Å². The number of nitrogens with zero attached hydrogens (tertiary/aromatic N) is 1. The van der Waals surface area contributed by atoms with Gasteiger partial charge in [-0.1, -0.05) is 11.6 Å². The van der Waals surface area contributed by atoms with Gasteiger partial charge in [0.05, 0.1) is 10.7 Å².